The van der Waals surface area contributed by atoms with Crippen molar-refractivity contribution in [3.8, 4) is 0 Å². The molecule has 4 rings (SSSR count). The molecule has 1 N–H and O–H groups in total. The number of hydrogen-bond acceptors (Lipinski definition) is 3. The quantitative estimate of drug-likeness (QED) is 0.875. The fourth-order valence-corrected chi connectivity index (χ4v) is 3.89. The minimum Gasteiger partial charge on any atom is -0.366 e. The number of nitrogens with one attached hydrogen (secondary N) is 1. The average molecular weight is 305 g/mol. The monoisotopic (exact) mass is 305 g/mol. The van der Waals surface area contributed by atoms with Crippen molar-refractivity contribution < 1.29 is 4.79 Å². The van der Waals surface area contributed by atoms with Crippen LogP contribution < -0.4 is 10.3 Å². The number of fused-ring (bicyclic) bond motifs is 1. The van der Waals surface area contributed by atoms with Crippen molar-refractivity contribution in [3.63, 3.8) is 0 Å². The van der Waals surface area contributed by atoms with Crippen molar-refractivity contribution >= 4 is 23.0 Å². The Bertz CT molecular complexity index is 826. The van der Waals surface area contributed by atoms with Crippen LogP contribution in [-0.4, -0.2) is 17.2 Å². The Morgan fingerprint density at radius 2 is 1.65 bits per heavy atom. The molecule has 2 aromatic rings. The van der Waals surface area contributed by atoms with Gasteiger partial charge in [-0.1, -0.05) is 50.2 Å². The van der Waals surface area contributed by atoms with Gasteiger partial charge in [0.25, 0.3) is 5.91 Å². The van der Waals surface area contributed by atoms with Crippen LogP contribution in [0.25, 0.3) is 0 Å². The number of hydrazone groups is 1. The highest BCUT2D eigenvalue weighted by molar-refractivity contribution is 6.26. The molecule has 4 nitrogen and oxygen atoms in total. The third kappa shape index (κ3) is 1.61. The minimum atomic E-state index is -0.827. The van der Waals surface area contributed by atoms with E-state index in [1.54, 1.807) is 0 Å². The lowest BCUT2D eigenvalue weighted by Gasteiger charge is -2.36. The first-order valence-electron chi connectivity index (χ1n) is 7.81. The molecule has 0 aliphatic carbocycles. The molecule has 1 amide bonds. The van der Waals surface area contributed by atoms with E-state index >= 15 is 0 Å². The molecule has 2 heterocycles. The molecule has 1 spiro atoms. The maximum absolute atomic E-state index is 13.4. The molecule has 23 heavy (non-hydrogen) atoms. The number of amides is 1. The molecule has 0 saturated carbocycles. The summed E-state index contributed by atoms with van der Waals surface area (Å²) in [6.07, 6.45) is 0. The number of anilines is 2. The number of benzene rings is 2. The summed E-state index contributed by atoms with van der Waals surface area (Å²) in [5, 5.41) is 9.59. The summed E-state index contributed by atoms with van der Waals surface area (Å²) in [5.41, 5.74) is 2.55. The van der Waals surface area contributed by atoms with Gasteiger partial charge in [0, 0.05) is 11.1 Å². The van der Waals surface area contributed by atoms with Crippen molar-refractivity contribution in [1.29, 1.82) is 0 Å². The van der Waals surface area contributed by atoms with Crippen molar-refractivity contribution in [1.82, 2.24) is 0 Å². The van der Waals surface area contributed by atoms with Gasteiger partial charge in [0.05, 0.1) is 11.4 Å². The van der Waals surface area contributed by atoms with Crippen LogP contribution in [0.1, 0.15) is 26.3 Å². The van der Waals surface area contributed by atoms with E-state index in [9.17, 15) is 4.79 Å². The largest absolute Gasteiger partial charge is 0.366 e. The predicted octanol–water partition coefficient (Wildman–Crippen LogP) is 3.55. The number of rotatable bonds is 1. The topological polar surface area (TPSA) is 44.7 Å². The van der Waals surface area contributed by atoms with Gasteiger partial charge in [-0.2, -0.15) is 10.1 Å². The van der Waals surface area contributed by atoms with Crippen LogP contribution in [0, 0.1) is 0 Å². The summed E-state index contributed by atoms with van der Waals surface area (Å²) in [4.78, 5) is 13.4. The second-order valence-electron chi connectivity index (χ2n) is 6.68. The van der Waals surface area contributed by atoms with Crippen LogP contribution in [0.4, 0.5) is 11.4 Å². The Kier molecular flexibility index (Phi) is 2.71. The molecule has 0 bridgehead atoms. The average Bonchev–Trinajstić information content (AvgIpc) is 2.96. The maximum atomic E-state index is 13.4. The highest BCUT2D eigenvalue weighted by Crippen LogP contribution is 2.51. The highest BCUT2D eigenvalue weighted by Gasteiger charge is 2.63. The molecule has 2 aliphatic heterocycles. The molecule has 1 unspecified atom stereocenters. The molecule has 0 radical (unpaired) electrons. The van der Waals surface area contributed by atoms with E-state index in [0.717, 1.165) is 22.6 Å². The summed E-state index contributed by atoms with van der Waals surface area (Å²) < 4.78 is 0. The lowest BCUT2D eigenvalue weighted by atomic mass is 9.68. The summed E-state index contributed by atoms with van der Waals surface area (Å²) in [7, 11) is 0. The van der Waals surface area contributed by atoms with Crippen molar-refractivity contribution in [2.24, 2.45) is 5.10 Å². The molecule has 116 valence electrons. The van der Waals surface area contributed by atoms with Gasteiger partial charge in [-0.25, -0.2) is 0 Å². The fourth-order valence-electron chi connectivity index (χ4n) is 3.89. The van der Waals surface area contributed by atoms with E-state index < -0.39 is 5.54 Å². The Morgan fingerprint density at radius 1 is 1.00 bits per heavy atom. The highest BCUT2D eigenvalue weighted by atomic mass is 16.2. The fraction of sp³-hybridized carbons (Fsp3) is 0.263. The molecular weight excluding hydrogens is 286 g/mol. The van der Waals surface area contributed by atoms with Crippen molar-refractivity contribution in [3.05, 3.63) is 60.2 Å². The maximum Gasteiger partial charge on any atom is 0.279 e. The molecule has 4 heteroatoms. The van der Waals surface area contributed by atoms with Gasteiger partial charge in [0.15, 0.2) is 5.54 Å². The van der Waals surface area contributed by atoms with E-state index in [2.05, 4.69) is 30.3 Å². The van der Waals surface area contributed by atoms with Crippen LogP contribution in [0.3, 0.4) is 0 Å². The van der Waals surface area contributed by atoms with E-state index in [1.165, 1.54) is 5.01 Å². The van der Waals surface area contributed by atoms with Gasteiger partial charge < -0.3 is 5.32 Å². The first-order chi connectivity index (χ1) is 11.0. The van der Waals surface area contributed by atoms with Crippen LogP contribution in [-0.2, 0) is 10.2 Å². The number of carbonyl (C=O) groups is 1. The van der Waals surface area contributed by atoms with Gasteiger partial charge in [-0.05, 0) is 30.7 Å². The molecule has 0 saturated heterocycles. The van der Waals surface area contributed by atoms with E-state index in [4.69, 9.17) is 0 Å². The molecule has 1 atom stereocenters. The number of hydrogen-bond donors (Lipinski definition) is 1. The predicted molar refractivity (Wildman–Crippen MR) is 92.9 cm³/mol. The van der Waals surface area contributed by atoms with Crippen LogP contribution in [0.2, 0.25) is 0 Å². The summed E-state index contributed by atoms with van der Waals surface area (Å²) in [6, 6.07) is 17.7. The van der Waals surface area contributed by atoms with Crippen molar-refractivity contribution in [2.45, 2.75) is 31.7 Å². The number of para-hydroxylation sites is 2. The number of carbonyl (C=O) groups excluding carboxylic acids is 1. The Balaban J connectivity index is 1.85. The van der Waals surface area contributed by atoms with E-state index in [-0.39, 0.29) is 11.3 Å². The number of nitrogens with zero attached hydrogens (tertiary/aromatic N) is 2. The van der Waals surface area contributed by atoms with E-state index in [0.29, 0.717) is 0 Å². The molecular formula is C19H19N3O. The smallest absolute Gasteiger partial charge is 0.279 e. The van der Waals surface area contributed by atoms with Crippen molar-refractivity contribution in [2.75, 3.05) is 10.3 Å². The lowest BCUT2D eigenvalue weighted by Crippen LogP contribution is -2.60. The molecule has 2 aromatic carbocycles. The van der Waals surface area contributed by atoms with Crippen LogP contribution >= 0.6 is 0 Å². The second-order valence-corrected chi connectivity index (χ2v) is 6.68. The first kappa shape index (κ1) is 14.0. The summed E-state index contributed by atoms with van der Waals surface area (Å²) in [6.45, 7) is 6.15. The van der Waals surface area contributed by atoms with Gasteiger partial charge in [0.1, 0.15) is 0 Å². The Morgan fingerprint density at radius 3 is 2.35 bits per heavy atom. The first-order valence-corrected chi connectivity index (χ1v) is 7.81. The molecule has 0 fully saturated rings. The molecule has 0 aromatic heterocycles. The zero-order valence-electron chi connectivity index (χ0n) is 13.5. The van der Waals surface area contributed by atoms with Crippen LogP contribution in [0.5, 0.6) is 0 Å². The SMILES string of the molecule is CC1=NN(c2ccccc2)C(=O)C12Nc1ccccc1C2(C)C. The third-order valence-electron chi connectivity index (χ3n) is 5.17. The Labute approximate surface area is 135 Å². The second kappa shape index (κ2) is 4.44. The lowest BCUT2D eigenvalue weighted by molar-refractivity contribution is -0.121. The Hall–Kier alpha value is -2.62. The van der Waals surface area contributed by atoms with Gasteiger partial charge >= 0.3 is 0 Å². The third-order valence-corrected chi connectivity index (χ3v) is 5.17. The zero-order valence-corrected chi connectivity index (χ0v) is 13.5. The van der Waals surface area contributed by atoms with Gasteiger partial charge in [0.2, 0.25) is 0 Å². The van der Waals surface area contributed by atoms with Gasteiger partial charge in [-0.15, -0.1) is 0 Å². The van der Waals surface area contributed by atoms with Crippen LogP contribution in [0.15, 0.2) is 59.7 Å². The van der Waals surface area contributed by atoms with E-state index in [1.807, 2.05) is 55.5 Å². The standard InChI is InChI=1S/C19H19N3O/c1-13-19(17(23)22(21-13)14-9-5-4-6-10-14)18(2,3)15-11-7-8-12-16(15)20-19/h4-12,20H,1-3H3. The zero-order chi connectivity index (χ0) is 16.2. The normalized spacial score (nSPS) is 24.6. The minimum absolute atomic E-state index is 0.0256. The summed E-state index contributed by atoms with van der Waals surface area (Å²) in [5.74, 6) is -0.0256. The molecule has 2 aliphatic rings. The summed E-state index contributed by atoms with van der Waals surface area (Å²) >= 11 is 0. The van der Waals surface area contributed by atoms with Gasteiger partial charge in [-0.3, -0.25) is 4.79 Å².